The highest BCUT2D eigenvalue weighted by Crippen LogP contribution is 2.27. The molecular weight excluding hydrogens is 240 g/mol. The lowest BCUT2D eigenvalue weighted by atomic mass is 10.3. The Morgan fingerprint density at radius 1 is 1.53 bits per heavy atom. The van der Waals surface area contributed by atoms with E-state index in [1.165, 1.54) is 11.8 Å². The van der Waals surface area contributed by atoms with E-state index in [9.17, 15) is 9.59 Å². The van der Waals surface area contributed by atoms with Gasteiger partial charge in [-0.25, -0.2) is 0 Å². The maximum Gasteiger partial charge on any atom is 0.281 e. The van der Waals surface area contributed by atoms with Crippen LogP contribution in [0, 0.1) is 0 Å². The summed E-state index contributed by atoms with van der Waals surface area (Å²) in [6.07, 6.45) is 2.47. The van der Waals surface area contributed by atoms with E-state index < -0.39 is 0 Å². The van der Waals surface area contributed by atoms with Gasteiger partial charge < -0.3 is 14.9 Å². The molecule has 0 aromatic carbocycles. The van der Waals surface area contributed by atoms with Gasteiger partial charge in [0.15, 0.2) is 0 Å². The van der Waals surface area contributed by atoms with Crippen molar-refractivity contribution in [3.8, 4) is 0 Å². The normalized spacial score (nSPS) is 19.8. The molecule has 0 atom stereocenters. The van der Waals surface area contributed by atoms with Crippen LogP contribution in [0.5, 0.6) is 0 Å². The molecule has 0 radical (unpaired) electrons. The SMILES string of the molecule is O=C1SCCN1CCC(=O)N(CCO)C1CC1. The minimum absolute atomic E-state index is 0.0146. The number of nitrogens with zero attached hydrogens (tertiary/aromatic N) is 2. The highest BCUT2D eigenvalue weighted by Gasteiger charge is 2.32. The first kappa shape index (κ1) is 12.7. The largest absolute Gasteiger partial charge is 0.395 e. The minimum atomic E-state index is 0.0146. The standard InChI is InChI=1S/C11H18N2O3S/c14-7-5-13(9-1-2-9)10(15)3-4-12-6-8-17-11(12)16/h9,14H,1-8H2. The van der Waals surface area contributed by atoms with Crippen LogP contribution in [0.15, 0.2) is 0 Å². The molecule has 1 saturated heterocycles. The molecule has 1 aliphatic carbocycles. The molecule has 2 amide bonds. The highest BCUT2D eigenvalue weighted by molar-refractivity contribution is 8.13. The Balaban J connectivity index is 1.76. The van der Waals surface area contributed by atoms with Crippen LogP contribution < -0.4 is 0 Å². The second-order valence-electron chi connectivity index (χ2n) is 4.39. The van der Waals surface area contributed by atoms with Crippen molar-refractivity contribution in [2.45, 2.75) is 25.3 Å². The van der Waals surface area contributed by atoms with Crippen molar-refractivity contribution in [2.24, 2.45) is 0 Å². The lowest BCUT2D eigenvalue weighted by molar-refractivity contribution is -0.132. The first-order chi connectivity index (χ1) is 8.22. The average molecular weight is 258 g/mol. The zero-order chi connectivity index (χ0) is 12.3. The van der Waals surface area contributed by atoms with E-state index >= 15 is 0 Å². The molecule has 1 N–H and O–H groups in total. The average Bonchev–Trinajstić information content (AvgIpc) is 3.07. The van der Waals surface area contributed by atoms with Gasteiger partial charge in [0.05, 0.1) is 6.61 Å². The second-order valence-corrected chi connectivity index (χ2v) is 5.44. The smallest absolute Gasteiger partial charge is 0.281 e. The van der Waals surface area contributed by atoms with E-state index in [-0.39, 0.29) is 17.8 Å². The van der Waals surface area contributed by atoms with Gasteiger partial charge in [-0.2, -0.15) is 0 Å². The number of hydrogen-bond acceptors (Lipinski definition) is 4. The molecule has 0 bridgehead atoms. The van der Waals surface area contributed by atoms with E-state index in [1.807, 2.05) is 0 Å². The zero-order valence-corrected chi connectivity index (χ0v) is 10.6. The summed E-state index contributed by atoms with van der Waals surface area (Å²) in [4.78, 5) is 26.8. The molecule has 2 aliphatic rings. The molecule has 0 aromatic rings. The number of carbonyl (C=O) groups is 2. The topological polar surface area (TPSA) is 60.9 Å². The number of aliphatic hydroxyl groups is 1. The molecule has 1 aliphatic heterocycles. The number of thioether (sulfide) groups is 1. The number of rotatable bonds is 6. The van der Waals surface area contributed by atoms with Gasteiger partial charge in [-0.1, -0.05) is 11.8 Å². The van der Waals surface area contributed by atoms with Crippen molar-refractivity contribution in [2.75, 3.05) is 32.0 Å². The van der Waals surface area contributed by atoms with Crippen LogP contribution >= 0.6 is 11.8 Å². The van der Waals surface area contributed by atoms with Gasteiger partial charge in [0.2, 0.25) is 5.91 Å². The van der Waals surface area contributed by atoms with Crippen LogP contribution in [0.2, 0.25) is 0 Å². The third kappa shape index (κ3) is 3.35. The van der Waals surface area contributed by atoms with Crippen molar-refractivity contribution in [1.82, 2.24) is 9.80 Å². The Kier molecular flexibility index (Phi) is 4.28. The fraction of sp³-hybridized carbons (Fsp3) is 0.818. The molecule has 2 rings (SSSR count). The third-order valence-corrected chi connectivity index (χ3v) is 3.98. The van der Waals surface area contributed by atoms with Gasteiger partial charge in [-0.05, 0) is 12.8 Å². The first-order valence-electron chi connectivity index (χ1n) is 6.04. The Morgan fingerprint density at radius 2 is 2.29 bits per heavy atom. The Bertz CT molecular complexity index is 307. The zero-order valence-electron chi connectivity index (χ0n) is 9.80. The Morgan fingerprint density at radius 3 is 2.82 bits per heavy atom. The summed E-state index contributed by atoms with van der Waals surface area (Å²) in [7, 11) is 0. The fourth-order valence-electron chi connectivity index (χ4n) is 2.01. The van der Waals surface area contributed by atoms with Crippen LogP contribution in [0.3, 0.4) is 0 Å². The van der Waals surface area contributed by atoms with Gasteiger partial charge in [-0.15, -0.1) is 0 Å². The fourth-order valence-corrected chi connectivity index (χ4v) is 2.86. The number of aliphatic hydroxyl groups excluding tert-OH is 1. The van der Waals surface area contributed by atoms with Gasteiger partial charge in [-0.3, -0.25) is 9.59 Å². The molecule has 1 heterocycles. The van der Waals surface area contributed by atoms with E-state index in [1.54, 1.807) is 9.80 Å². The van der Waals surface area contributed by atoms with Gasteiger partial charge >= 0.3 is 0 Å². The molecule has 0 unspecified atom stereocenters. The number of amides is 2. The summed E-state index contributed by atoms with van der Waals surface area (Å²) in [5.74, 6) is 0.891. The second kappa shape index (κ2) is 5.73. The Hall–Kier alpha value is -0.750. The maximum absolute atomic E-state index is 11.9. The molecule has 0 aromatic heterocycles. The molecule has 17 heavy (non-hydrogen) atoms. The van der Waals surface area contributed by atoms with Crippen LogP contribution in [-0.4, -0.2) is 64.1 Å². The highest BCUT2D eigenvalue weighted by atomic mass is 32.2. The van der Waals surface area contributed by atoms with Crippen LogP contribution in [0.25, 0.3) is 0 Å². The molecule has 2 fully saturated rings. The lowest BCUT2D eigenvalue weighted by Gasteiger charge is -2.22. The van der Waals surface area contributed by atoms with Crippen LogP contribution in [0.1, 0.15) is 19.3 Å². The maximum atomic E-state index is 11.9. The van der Waals surface area contributed by atoms with E-state index in [4.69, 9.17) is 5.11 Å². The molecule has 1 saturated carbocycles. The Labute approximate surface area is 105 Å². The molecule has 6 heteroatoms. The summed E-state index contributed by atoms with van der Waals surface area (Å²) in [6, 6.07) is 0.332. The quantitative estimate of drug-likeness (QED) is 0.755. The molecule has 5 nitrogen and oxygen atoms in total. The van der Waals surface area contributed by atoms with E-state index in [2.05, 4.69) is 0 Å². The summed E-state index contributed by atoms with van der Waals surface area (Å²) in [5, 5.41) is 9.00. The van der Waals surface area contributed by atoms with E-state index in [0.717, 1.165) is 25.1 Å². The minimum Gasteiger partial charge on any atom is -0.395 e. The third-order valence-electron chi connectivity index (χ3n) is 3.09. The van der Waals surface area contributed by atoms with E-state index in [0.29, 0.717) is 25.6 Å². The predicted octanol–water partition coefficient (Wildman–Crippen LogP) is 0.529. The molecular formula is C11H18N2O3S. The molecule has 96 valence electrons. The van der Waals surface area contributed by atoms with Gasteiger partial charge in [0, 0.05) is 37.8 Å². The number of carbonyl (C=O) groups excluding carboxylic acids is 2. The van der Waals surface area contributed by atoms with Crippen LogP contribution in [0.4, 0.5) is 4.79 Å². The predicted molar refractivity (Wildman–Crippen MR) is 65.9 cm³/mol. The van der Waals surface area contributed by atoms with Crippen molar-refractivity contribution in [1.29, 1.82) is 0 Å². The lowest BCUT2D eigenvalue weighted by Crippen LogP contribution is -2.37. The number of hydrogen-bond donors (Lipinski definition) is 1. The summed E-state index contributed by atoms with van der Waals surface area (Å²) in [5.41, 5.74) is 0. The van der Waals surface area contributed by atoms with Crippen LogP contribution in [-0.2, 0) is 4.79 Å². The van der Waals surface area contributed by atoms with Crippen molar-refractivity contribution < 1.29 is 14.7 Å². The van der Waals surface area contributed by atoms with Gasteiger partial charge in [0.1, 0.15) is 0 Å². The summed E-state index contributed by atoms with van der Waals surface area (Å²) >= 11 is 1.32. The summed E-state index contributed by atoms with van der Waals surface area (Å²) in [6.45, 7) is 1.70. The van der Waals surface area contributed by atoms with Crippen molar-refractivity contribution in [3.05, 3.63) is 0 Å². The monoisotopic (exact) mass is 258 g/mol. The van der Waals surface area contributed by atoms with Crippen molar-refractivity contribution in [3.63, 3.8) is 0 Å². The summed E-state index contributed by atoms with van der Waals surface area (Å²) < 4.78 is 0. The molecule has 0 spiro atoms. The first-order valence-corrected chi connectivity index (χ1v) is 7.03. The van der Waals surface area contributed by atoms with Gasteiger partial charge in [0.25, 0.3) is 5.24 Å². The van der Waals surface area contributed by atoms with Crippen molar-refractivity contribution >= 4 is 22.9 Å².